The van der Waals surface area contributed by atoms with Crippen molar-refractivity contribution in [3.63, 3.8) is 0 Å². The molecule has 0 unspecified atom stereocenters. The third kappa shape index (κ3) is 4.19. The van der Waals surface area contributed by atoms with Crippen LogP contribution in [0.5, 0.6) is 5.75 Å². The fourth-order valence-electron chi connectivity index (χ4n) is 3.18. The first kappa shape index (κ1) is 17.3. The van der Waals surface area contributed by atoms with Crippen LogP contribution < -0.4 is 4.74 Å². The van der Waals surface area contributed by atoms with Crippen molar-refractivity contribution in [2.45, 2.75) is 31.8 Å². The monoisotopic (exact) mass is 361 g/mol. The van der Waals surface area contributed by atoms with Crippen LogP contribution in [-0.2, 0) is 17.8 Å². The molecule has 1 heterocycles. The lowest BCUT2D eigenvalue weighted by Crippen LogP contribution is -2.33. The molecule has 1 amide bonds. The van der Waals surface area contributed by atoms with Gasteiger partial charge in [0.2, 0.25) is 5.91 Å². The molecule has 0 bridgehead atoms. The van der Waals surface area contributed by atoms with Gasteiger partial charge in [-0.25, -0.2) is 4.68 Å². The summed E-state index contributed by atoms with van der Waals surface area (Å²) in [5.41, 5.74) is 3.05. The van der Waals surface area contributed by atoms with Gasteiger partial charge < -0.3 is 9.64 Å². The molecule has 0 radical (unpaired) electrons. The van der Waals surface area contributed by atoms with Gasteiger partial charge in [-0.2, -0.15) is 5.10 Å². The van der Waals surface area contributed by atoms with Gasteiger partial charge in [-0.3, -0.25) is 4.79 Å². The van der Waals surface area contributed by atoms with Crippen LogP contribution in [0.3, 0.4) is 0 Å². The average molecular weight is 361 g/mol. The van der Waals surface area contributed by atoms with E-state index in [1.807, 2.05) is 70.4 Å². The lowest BCUT2D eigenvalue weighted by atomic mass is 10.1. The van der Waals surface area contributed by atoms with E-state index in [1.165, 1.54) is 0 Å². The SMILES string of the molecule is COc1ccc(CN(C(=O)Cc2cnn(-c3ccccc3)c2)C2CC2)cc1. The Kier molecular flexibility index (Phi) is 4.92. The molecule has 1 aliphatic carbocycles. The Balaban J connectivity index is 1.44. The van der Waals surface area contributed by atoms with E-state index in [-0.39, 0.29) is 5.91 Å². The van der Waals surface area contributed by atoms with E-state index in [2.05, 4.69) is 5.10 Å². The number of aromatic nitrogens is 2. The quantitative estimate of drug-likeness (QED) is 0.646. The van der Waals surface area contributed by atoms with Gasteiger partial charge in [-0.1, -0.05) is 30.3 Å². The molecule has 3 aromatic rings. The molecule has 27 heavy (non-hydrogen) atoms. The van der Waals surface area contributed by atoms with Gasteiger partial charge in [0.1, 0.15) is 5.75 Å². The topological polar surface area (TPSA) is 47.4 Å². The lowest BCUT2D eigenvalue weighted by molar-refractivity contribution is -0.131. The predicted octanol–water partition coefficient (Wildman–Crippen LogP) is 3.61. The molecule has 138 valence electrons. The van der Waals surface area contributed by atoms with Gasteiger partial charge >= 0.3 is 0 Å². The zero-order valence-corrected chi connectivity index (χ0v) is 15.4. The minimum atomic E-state index is 0.154. The minimum absolute atomic E-state index is 0.154. The summed E-state index contributed by atoms with van der Waals surface area (Å²) in [6.07, 6.45) is 6.27. The Hall–Kier alpha value is -3.08. The van der Waals surface area contributed by atoms with Crippen LogP contribution >= 0.6 is 0 Å². The summed E-state index contributed by atoms with van der Waals surface area (Å²) in [5.74, 6) is 0.984. The summed E-state index contributed by atoms with van der Waals surface area (Å²) < 4.78 is 7.02. The third-order valence-electron chi connectivity index (χ3n) is 4.83. The number of carbonyl (C=O) groups excluding carboxylic acids is 1. The standard InChI is InChI=1S/C22H23N3O2/c1-27-21-11-7-17(8-12-21)15-24(19-9-10-19)22(26)13-18-14-23-25(16-18)20-5-3-2-4-6-20/h2-8,11-12,14,16,19H,9-10,13,15H2,1H3. The molecule has 0 spiro atoms. The Morgan fingerprint density at radius 1 is 1.11 bits per heavy atom. The van der Waals surface area contributed by atoms with Crippen LogP contribution in [-0.4, -0.2) is 33.7 Å². The van der Waals surface area contributed by atoms with Gasteiger partial charge in [0.15, 0.2) is 0 Å². The molecule has 5 heteroatoms. The fourth-order valence-corrected chi connectivity index (χ4v) is 3.18. The van der Waals surface area contributed by atoms with E-state index in [9.17, 15) is 4.79 Å². The zero-order chi connectivity index (χ0) is 18.6. The van der Waals surface area contributed by atoms with Crippen molar-refractivity contribution in [1.29, 1.82) is 0 Å². The van der Waals surface area contributed by atoms with E-state index >= 15 is 0 Å². The van der Waals surface area contributed by atoms with Crippen LogP contribution in [0.1, 0.15) is 24.0 Å². The summed E-state index contributed by atoms with van der Waals surface area (Å²) in [7, 11) is 1.66. The highest BCUT2D eigenvalue weighted by Crippen LogP contribution is 2.29. The second-order valence-corrected chi connectivity index (χ2v) is 6.91. The maximum atomic E-state index is 12.9. The van der Waals surface area contributed by atoms with Gasteiger partial charge in [-0.05, 0) is 48.2 Å². The molecular formula is C22H23N3O2. The van der Waals surface area contributed by atoms with Crippen LogP contribution in [0.4, 0.5) is 0 Å². The second kappa shape index (κ2) is 7.66. The largest absolute Gasteiger partial charge is 0.497 e. The number of methoxy groups -OCH3 is 1. The van der Waals surface area contributed by atoms with Crippen molar-refractivity contribution in [3.8, 4) is 11.4 Å². The van der Waals surface area contributed by atoms with E-state index in [0.29, 0.717) is 19.0 Å². The Labute approximate surface area is 159 Å². The molecule has 1 aromatic heterocycles. The molecule has 0 N–H and O–H groups in total. The van der Waals surface area contributed by atoms with Crippen molar-refractivity contribution < 1.29 is 9.53 Å². The number of benzene rings is 2. The summed E-state index contributed by atoms with van der Waals surface area (Å²) in [5, 5.41) is 4.39. The average Bonchev–Trinajstić information content (AvgIpc) is 3.45. The number of amides is 1. The molecule has 0 saturated heterocycles. The highest BCUT2D eigenvalue weighted by atomic mass is 16.5. The molecule has 5 nitrogen and oxygen atoms in total. The summed E-state index contributed by atoms with van der Waals surface area (Å²) in [6, 6.07) is 18.2. The number of nitrogens with zero attached hydrogens (tertiary/aromatic N) is 3. The summed E-state index contributed by atoms with van der Waals surface area (Å²) in [4.78, 5) is 14.9. The highest BCUT2D eigenvalue weighted by Gasteiger charge is 2.32. The maximum Gasteiger partial charge on any atom is 0.227 e. The summed E-state index contributed by atoms with van der Waals surface area (Å²) in [6.45, 7) is 0.639. The van der Waals surface area contributed by atoms with E-state index in [4.69, 9.17) is 4.74 Å². The van der Waals surface area contributed by atoms with Crippen molar-refractivity contribution in [1.82, 2.24) is 14.7 Å². The first-order chi connectivity index (χ1) is 13.2. The molecule has 1 fully saturated rings. The molecular weight excluding hydrogens is 338 g/mol. The number of rotatable bonds is 7. The summed E-state index contributed by atoms with van der Waals surface area (Å²) >= 11 is 0. The third-order valence-corrected chi connectivity index (χ3v) is 4.83. The van der Waals surface area contributed by atoms with Gasteiger partial charge in [0, 0.05) is 18.8 Å². The van der Waals surface area contributed by atoms with Crippen molar-refractivity contribution in [2.24, 2.45) is 0 Å². The first-order valence-electron chi connectivity index (χ1n) is 9.24. The second-order valence-electron chi connectivity index (χ2n) is 6.91. The van der Waals surface area contributed by atoms with Crippen molar-refractivity contribution in [2.75, 3.05) is 7.11 Å². The Morgan fingerprint density at radius 3 is 2.52 bits per heavy atom. The normalized spacial score (nSPS) is 13.4. The fraction of sp³-hybridized carbons (Fsp3) is 0.273. The smallest absolute Gasteiger partial charge is 0.227 e. The minimum Gasteiger partial charge on any atom is -0.497 e. The van der Waals surface area contributed by atoms with E-state index in [1.54, 1.807) is 13.3 Å². The molecule has 1 aliphatic rings. The van der Waals surface area contributed by atoms with Crippen LogP contribution in [0, 0.1) is 0 Å². The maximum absolute atomic E-state index is 12.9. The molecule has 2 aromatic carbocycles. The number of ether oxygens (including phenoxy) is 1. The van der Waals surface area contributed by atoms with Crippen LogP contribution in [0.25, 0.3) is 5.69 Å². The van der Waals surface area contributed by atoms with E-state index < -0.39 is 0 Å². The number of carbonyl (C=O) groups is 1. The van der Waals surface area contributed by atoms with Crippen LogP contribution in [0.15, 0.2) is 67.0 Å². The molecule has 4 rings (SSSR count). The predicted molar refractivity (Wildman–Crippen MR) is 104 cm³/mol. The lowest BCUT2D eigenvalue weighted by Gasteiger charge is -2.22. The van der Waals surface area contributed by atoms with Gasteiger partial charge in [-0.15, -0.1) is 0 Å². The molecule has 0 aliphatic heterocycles. The highest BCUT2D eigenvalue weighted by molar-refractivity contribution is 5.79. The Morgan fingerprint density at radius 2 is 1.85 bits per heavy atom. The van der Waals surface area contributed by atoms with Crippen molar-refractivity contribution >= 4 is 5.91 Å². The number of hydrogen-bond donors (Lipinski definition) is 0. The van der Waals surface area contributed by atoms with Crippen molar-refractivity contribution in [3.05, 3.63) is 78.1 Å². The molecule has 0 atom stereocenters. The number of hydrogen-bond acceptors (Lipinski definition) is 3. The zero-order valence-electron chi connectivity index (χ0n) is 15.4. The molecule has 1 saturated carbocycles. The van der Waals surface area contributed by atoms with Gasteiger partial charge in [0.05, 0.1) is 25.4 Å². The van der Waals surface area contributed by atoms with Gasteiger partial charge in [0.25, 0.3) is 0 Å². The first-order valence-corrected chi connectivity index (χ1v) is 9.24. The van der Waals surface area contributed by atoms with Crippen LogP contribution in [0.2, 0.25) is 0 Å². The van der Waals surface area contributed by atoms with E-state index in [0.717, 1.165) is 35.4 Å². The number of para-hydroxylation sites is 1. The Bertz CT molecular complexity index is 899.